The lowest BCUT2D eigenvalue weighted by Gasteiger charge is -2.16. The highest BCUT2D eigenvalue weighted by molar-refractivity contribution is 14.1. The lowest BCUT2D eigenvalue weighted by Crippen LogP contribution is -2.19. The van der Waals surface area contributed by atoms with Crippen LogP contribution in [0.25, 0.3) is 11.1 Å². The number of hydrogen-bond acceptors (Lipinski definition) is 5. The molecule has 4 rings (SSSR count). The van der Waals surface area contributed by atoms with Gasteiger partial charge in [-0.1, -0.05) is 0 Å². The summed E-state index contributed by atoms with van der Waals surface area (Å²) < 4.78 is 75.8. The number of sulfonamides is 1. The third-order valence-electron chi connectivity index (χ3n) is 4.06. The molecule has 1 heterocycles. The average molecular weight is 509 g/mol. The topological polar surface area (TPSA) is 84.2 Å². The molecule has 0 saturated heterocycles. The van der Waals surface area contributed by atoms with Crippen molar-refractivity contribution in [2.24, 2.45) is 0 Å². The van der Waals surface area contributed by atoms with E-state index >= 15 is 0 Å². The van der Waals surface area contributed by atoms with Gasteiger partial charge < -0.3 is 9.73 Å². The molecule has 2 N–H and O–H groups in total. The van der Waals surface area contributed by atoms with Crippen LogP contribution in [0.4, 0.5) is 30.2 Å². The molecule has 2 aromatic carbocycles. The van der Waals surface area contributed by atoms with Crippen LogP contribution in [-0.2, 0) is 10.0 Å². The number of nitrogens with one attached hydrogen (secondary N) is 2. The van der Waals surface area contributed by atoms with Gasteiger partial charge in [-0.25, -0.2) is 26.6 Å². The number of nitrogens with zero attached hydrogens (tertiary/aromatic N) is 1. The number of aromatic nitrogens is 1. The average Bonchev–Trinajstić information content (AvgIpc) is 3.36. The molecule has 1 aliphatic rings. The maximum absolute atomic E-state index is 14.7. The molecular formula is C16H11F3IN3O3S. The van der Waals surface area contributed by atoms with E-state index in [1.807, 2.05) is 22.6 Å². The van der Waals surface area contributed by atoms with Crippen LogP contribution in [0.1, 0.15) is 12.8 Å². The Morgan fingerprint density at radius 1 is 1.15 bits per heavy atom. The van der Waals surface area contributed by atoms with Gasteiger partial charge in [0.15, 0.2) is 29.1 Å². The molecule has 0 radical (unpaired) electrons. The molecule has 0 amide bonds. The van der Waals surface area contributed by atoms with E-state index in [0.29, 0.717) is 16.4 Å². The first-order valence-corrected chi connectivity index (χ1v) is 10.4. The maximum Gasteiger partial charge on any atom is 0.235 e. The molecule has 6 nitrogen and oxygen atoms in total. The molecule has 0 atom stereocenters. The van der Waals surface area contributed by atoms with Crippen molar-refractivity contribution in [1.82, 2.24) is 4.98 Å². The lowest BCUT2D eigenvalue weighted by molar-refractivity contribution is 0.518. The van der Waals surface area contributed by atoms with Crippen molar-refractivity contribution in [1.29, 1.82) is 0 Å². The zero-order valence-corrected chi connectivity index (χ0v) is 16.4. The number of hydrogen-bond donors (Lipinski definition) is 2. The second kappa shape index (κ2) is 6.55. The van der Waals surface area contributed by atoms with Crippen LogP contribution in [0.3, 0.4) is 0 Å². The summed E-state index contributed by atoms with van der Waals surface area (Å²) >= 11 is 1.90. The Morgan fingerprint density at radius 3 is 2.56 bits per heavy atom. The van der Waals surface area contributed by atoms with Gasteiger partial charge in [-0.2, -0.15) is 0 Å². The summed E-state index contributed by atoms with van der Waals surface area (Å²) in [5.41, 5.74) is -1.84. The van der Waals surface area contributed by atoms with E-state index in [1.54, 1.807) is 6.07 Å². The third-order valence-corrected chi connectivity index (χ3v) is 6.57. The molecule has 1 saturated carbocycles. The van der Waals surface area contributed by atoms with Gasteiger partial charge in [0.05, 0.1) is 10.9 Å². The fourth-order valence-electron chi connectivity index (χ4n) is 2.56. The van der Waals surface area contributed by atoms with Gasteiger partial charge in [-0.3, -0.25) is 4.72 Å². The van der Waals surface area contributed by atoms with Crippen molar-refractivity contribution >= 4 is 60.8 Å². The molecule has 3 aromatic rings. The first-order valence-electron chi connectivity index (χ1n) is 7.76. The van der Waals surface area contributed by atoms with Gasteiger partial charge in [0.1, 0.15) is 17.2 Å². The fourth-order valence-corrected chi connectivity index (χ4v) is 4.42. The van der Waals surface area contributed by atoms with Gasteiger partial charge in [0, 0.05) is 3.57 Å². The SMILES string of the molecule is O=S(=O)(Nc1c(Nc2ccc(I)cc2F)c(F)c(F)c2ncoc12)C1CC1. The Bertz CT molecular complexity index is 1160. The largest absolute Gasteiger partial charge is 0.441 e. The van der Waals surface area contributed by atoms with Gasteiger partial charge in [-0.15, -0.1) is 0 Å². The molecule has 27 heavy (non-hydrogen) atoms. The van der Waals surface area contributed by atoms with Crippen LogP contribution in [0.15, 0.2) is 29.0 Å². The highest BCUT2D eigenvalue weighted by Gasteiger charge is 2.37. The van der Waals surface area contributed by atoms with E-state index in [9.17, 15) is 21.6 Å². The van der Waals surface area contributed by atoms with E-state index in [1.165, 1.54) is 12.1 Å². The molecule has 1 fully saturated rings. The van der Waals surface area contributed by atoms with E-state index in [4.69, 9.17) is 4.42 Å². The highest BCUT2D eigenvalue weighted by atomic mass is 127. The van der Waals surface area contributed by atoms with Crippen molar-refractivity contribution in [2.45, 2.75) is 18.1 Å². The lowest BCUT2D eigenvalue weighted by atomic mass is 10.2. The van der Waals surface area contributed by atoms with Crippen molar-refractivity contribution in [3.63, 3.8) is 0 Å². The summed E-state index contributed by atoms with van der Waals surface area (Å²) in [4.78, 5) is 3.59. The summed E-state index contributed by atoms with van der Waals surface area (Å²) in [6, 6.07) is 4.08. The number of anilines is 3. The van der Waals surface area contributed by atoms with Gasteiger partial charge in [-0.05, 0) is 53.6 Å². The fraction of sp³-hybridized carbons (Fsp3) is 0.188. The standard InChI is InChI=1S/C16H11F3IN3O3S/c17-9-5-7(20)1-4-10(9)22-13-11(18)12(19)14-16(26-6-21-14)15(13)23-27(24,25)8-2-3-8/h1,4-6,8,22-23H,2-3H2. The molecule has 11 heteroatoms. The zero-order chi connectivity index (χ0) is 19.3. The van der Waals surface area contributed by atoms with Gasteiger partial charge in [0.25, 0.3) is 0 Å². The predicted octanol–water partition coefficient (Wildman–Crippen LogP) is 4.50. The Morgan fingerprint density at radius 2 is 1.89 bits per heavy atom. The Hall–Kier alpha value is -2.02. The van der Waals surface area contributed by atoms with Crippen LogP contribution in [0, 0.1) is 21.0 Å². The molecule has 0 spiro atoms. The summed E-state index contributed by atoms with van der Waals surface area (Å²) in [6.07, 6.45) is 1.80. The van der Waals surface area contributed by atoms with E-state index < -0.39 is 43.9 Å². The summed E-state index contributed by atoms with van der Waals surface area (Å²) in [5.74, 6) is -3.44. The highest BCUT2D eigenvalue weighted by Crippen LogP contribution is 2.40. The smallest absolute Gasteiger partial charge is 0.235 e. The number of oxazole rings is 1. The van der Waals surface area contributed by atoms with Gasteiger partial charge >= 0.3 is 0 Å². The Kier molecular flexibility index (Phi) is 4.45. The number of benzene rings is 2. The van der Waals surface area contributed by atoms with Crippen molar-refractivity contribution in [2.75, 3.05) is 10.0 Å². The number of fused-ring (bicyclic) bond motifs is 1. The van der Waals surface area contributed by atoms with Crippen LogP contribution in [0.5, 0.6) is 0 Å². The van der Waals surface area contributed by atoms with Gasteiger partial charge in [0.2, 0.25) is 10.0 Å². The van der Waals surface area contributed by atoms with Crippen LogP contribution < -0.4 is 10.0 Å². The zero-order valence-electron chi connectivity index (χ0n) is 13.4. The summed E-state index contributed by atoms with van der Waals surface area (Å²) in [7, 11) is -3.83. The van der Waals surface area contributed by atoms with Crippen LogP contribution in [0.2, 0.25) is 0 Å². The third kappa shape index (κ3) is 3.33. The minimum atomic E-state index is -3.83. The van der Waals surface area contributed by atoms with E-state index in [-0.39, 0.29) is 17.0 Å². The van der Waals surface area contributed by atoms with Crippen molar-refractivity contribution in [3.8, 4) is 0 Å². The predicted molar refractivity (Wildman–Crippen MR) is 102 cm³/mol. The minimum Gasteiger partial charge on any atom is -0.441 e. The minimum absolute atomic E-state index is 0.153. The summed E-state index contributed by atoms with van der Waals surface area (Å²) in [5, 5.41) is 1.81. The quantitative estimate of drug-likeness (QED) is 0.496. The van der Waals surface area contributed by atoms with Crippen molar-refractivity contribution < 1.29 is 26.0 Å². The molecule has 0 bridgehead atoms. The first-order chi connectivity index (χ1) is 12.8. The molecular weight excluding hydrogens is 498 g/mol. The second-order valence-electron chi connectivity index (χ2n) is 6.00. The van der Waals surface area contributed by atoms with Crippen molar-refractivity contribution in [3.05, 3.63) is 45.6 Å². The molecule has 1 aromatic heterocycles. The van der Waals surface area contributed by atoms with E-state index in [0.717, 1.165) is 6.39 Å². The number of halogens is 4. The molecule has 1 aliphatic carbocycles. The Balaban J connectivity index is 1.89. The molecule has 0 aliphatic heterocycles. The Labute approximate surface area is 165 Å². The van der Waals surface area contributed by atoms with E-state index in [2.05, 4.69) is 15.0 Å². The summed E-state index contributed by atoms with van der Waals surface area (Å²) in [6.45, 7) is 0. The monoisotopic (exact) mass is 509 g/mol. The second-order valence-corrected chi connectivity index (χ2v) is 9.21. The van der Waals surface area contributed by atoms with Crippen LogP contribution >= 0.6 is 22.6 Å². The number of rotatable bonds is 5. The first kappa shape index (κ1) is 18.3. The molecule has 142 valence electrons. The normalized spacial score (nSPS) is 14.5. The molecule has 0 unspecified atom stereocenters. The van der Waals surface area contributed by atoms with Crippen LogP contribution in [-0.4, -0.2) is 18.7 Å². The maximum atomic E-state index is 14.7.